The van der Waals surface area contributed by atoms with Crippen LogP contribution in [0.15, 0.2) is 0 Å². The molecule has 126 valence electrons. The van der Waals surface area contributed by atoms with Crippen molar-refractivity contribution >= 4 is 11.9 Å². The summed E-state index contributed by atoms with van der Waals surface area (Å²) in [5.41, 5.74) is 0. The quantitative estimate of drug-likeness (QED) is 0.703. The molecule has 0 bridgehead atoms. The molecule has 0 heterocycles. The van der Waals surface area contributed by atoms with Crippen molar-refractivity contribution in [3.05, 3.63) is 0 Å². The standard InChI is InChI=1S/C18H31NO3/c1-2-22-17(20)13-14-19(18(21)15-9-8-10-15)16-11-6-4-3-5-7-12-16/h15-16H,2-14H2,1H3. The Morgan fingerprint density at radius 3 is 2.14 bits per heavy atom. The van der Waals surface area contributed by atoms with Gasteiger partial charge in [0.15, 0.2) is 0 Å². The summed E-state index contributed by atoms with van der Waals surface area (Å²) in [5, 5.41) is 0. The molecule has 2 fully saturated rings. The highest BCUT2D eigenvalue weighted by molar-refractivity contribution is 5.80. The van der Waals surface area contributed by atoms with E-state index in [4.69, 9.17) is 4.74 Å². The summed E-state index contributed by atoms with van der Waals surface area (Å²) in [6, 6.07) is 0.336. The summed E-state index contributed by atoms with van der Waals surface area (Å²) in [7, 11) is 0. The van der Waals surface area contributed by atoms with E-state index in [1.165, 1.54) is 38.5 Å². The third-order valence-corrected chi connectivity index (χ3v) is 5.12. The molecule has 0 aromatic rings. The fraction of sp³-hybridized carbons (Fsp3) is 0.889. The molecular formula is C18H31NO3. The van der Waals surface area contributed by atoms with Crippen LogP contribution in [0.4, 0.5) is 0 Å². The second kappa shape index (κ2) is 9.16. The first-order valence-corrected chi connectivity index (χ1v) is 9.18. The molecule has 0 aliphatic heterocycles. The minimum Gasteiger partial charge on any atom is -0.466 e. The third-order valence-electron chi connectivity index (χ3n) is 5.12. The number of hydrogen-bond donors (Lipinski definition) is 0. The van der Waals surface area contributed by atoms with E-state index in [0.717, 1.165) is 25.7 Å². The van der Waals surface area contributed by atoms with Crippen LogP contribution in [0.5, 0.6) is 0 Å². The molecule has 0 spiro atoms. The Morgan fingerprint density at radius 2 is 1.59 bits per heavy atom. The normalized spacial score (nSPS) is 20.6. The Labute approximate surface area is 134 Å². The molecule has 0 atom stereocenters. The summed E-state index contributed by atoms with van der Waals surface area (Å²) < 4.78 is 5.03. The monoisotopic (exact) mass is 309 g/mol. The van der Waals surface area contributed by atoms with E-state index < -0.39 is 0 Å². The highest BCUT2D eigenvalue weighted by Gasteiger charge is 2.33. The zero-order valence-corrected chi connectivity index (χ0v) is 14.0. The summed E-state index contributed by atoms with van der Waals surface area (Å²) >= 11 is 0. The summed E-state index contributed by atoms with van der Waals surface area (Å²) in [5.74, 6) is 0.327. The first-order chi connectivity index (χ1) is 10.7. The largest absolute Gasteiger partial charge is 0.466 e. The van der Waals surface area contributed by atoms with Gasteiger partial charge in [0, 0.05) is 18.5 Å². The van der Waals surface area contributed by atoms with E-state index >= 15 is 0 Å². The predicted molar refractivity (Wildman–Crippen MR) is 86.4 cm³/mol. The van der Waals surface area contributed by atoms with Crippen molar-refractivity contribution < 1.29 is 14.3 Å². The van der Waals surface area contributed by atoms with Gasteiger partial charge in [-0.2, -0.15) is 0 Å². The number of hydrogen-bond acceptors (Lipinski definition) is 3. The summed E-state index contributed by atoms with van der Waals surface area (Å²) in [4.78, 5) is 26.5. The lowest BCUT2D eigenvalue weighted by atomic mass is 9.83. The van der Waals surface area contributed by atoms with Crippen molar-refractivity contribution in [2.24, 2.45) is 5.92 Å². The Bertz CT molecular complexity index is 357. The minimum atomic E-state index is -0.181. The lowest BCUT2D eigenvalue weighted by molar-refractivity contribution is -0.146. The first kappa shape index (κ1) is 17.3. The second-order valence-electron chi connectivity index (χ2n) is 6.71. The highest BCUT2D eigenvalue weighted by atomic mass is 16.5. The predicted octanol–water partition coefficient (Wildman–Crippen LogP) is 3.68. The Balaban J connectivity index is 1.95. The van der Waals surface area contributed by atoms with Crippen molar-refractivity contribution in [2.75, 3.05) is 13.2 Å². The molecular weight excluding hydrogens is 278 g/mol. The van der Waals surface area contributed by atoms with Gasteiger partial charge in [-0.3, -0.25) is 9.59 Å². The van der Waals surface area contributed by atoms with Crippen LogP contribution in [-0.4, -0.2) is 36.0 Å². The fourth-order valence-electron chi connectivity index (χ4n) is 3.55. The zero-order chi connectivity index (χ0) is 15.8. The SMILES string of the molecule is CCOC(=O)CCN(C(=O)C1CCC1)C1CCCCCCC1. The number of esters is 1. The first-order valence-electron chi connectivity index (χ1n) is 9.18. The van der Waals surface area contributed by atoms with Gasteiger partial charge in [0.25, 0.3) is 0 Å². The van der Waals surface area contributed by atoms with Crippen LogP contribution in [0.25, 0.3) is 0 Å². The average molecular weight is 309 g/mol. The van der Waals surface area contributed by atoms with Gasteiger partial charge in [0.05, 0.1) is 13.0 Å². The number of carbonyl (C=O) groups is 2. The molecule has 2 saturated carbocycles. The van der Waals surface area contributed by atoms with Crippen molar-refractivity contribution in [3.63, 3.8) is 0 Å². The maximum absolute atomic E-state index is 12.8. The van der Waals surface area contributed by atoms with E-state index in [-0.39, 0.29) is 11.9 Å². The molecule has 0 saturated heterocycles. The molecule has 0 aromatic heterocycles. The Morgan fingerprint density at radius 1 is 0.955 bits per heavy atom. The lowest BCUT2D eigenvalue weighted by Gasteiger charge is -2.37. The number of carbonyl (C=O) groups excluding carboxylic acids is 2. The van der Waals surface area contributed by atoms with E-state index in [9.17, 15) is 9.59 Å². The second-order valence-corrected chi connectivity index (χ2v) is 6.71. The van der Waals surface area contributed by atoms with Gasteiger partial charge < -0.3 is 9.64 Å². The Hall–Kier alpha value is -1.06. The molecule has 0 unspecified atom stereocenters. The van der Waals surface area contributed by atoms with Crippen LogP contribution >= 0.6 is 0 Å². The van der Waals surface area contributed by atoms with Gasteiger partial charge in [-0.25, -0.2) is 0 Å². The highest BCUT2D eigenvalue weighted by Crippen LogP contribution is 2.31. The number of nitrogens with zero attached hydrogens (tertiary/aromatic N) is 1. The fourth-order valence-corrected chi connectivity index (χ4v) is 3.55. The minimum absolute atomic E-state index is 0.181. The van der Waals surface area contributed by atoms with Gasteiger partial charge in [-0.15, -0.1) is 0 Å². The van der Waals surface area contributed by atoms with Crippen molar-refractivity contribution in [3.8, 4) is 0 Å². The van der Waals surface area contributed by atoms with E-state index in [1.807, 2.05) is 11.8 Å². The molecule has 1 amide bonds. The van der Waals surface area contributed by atoms with Gasteiger partial charge in [-0.1, -0.05) is 38.5 Å². The van der Waals surface area contributed by atoms with E-state index in [2.05, 4.69) is 0 Å². The van der Waals surface area contributed by atoms with Crippen molar-refractivity contribution in [2.45, 2.75) is 83.6 Å². The molecule has 2 rings (SSSR count). The van der Waals surface area contributed by atoms with Gasteiger partial charge in [-0.05, 0) is 32.6 Å². The molecule has 0 aromatic carbocycles. The van der Waals surface area contributed by atoms with Crippen LogP contribution in [-0.2, 0) is 14.3 Å². The van der Waals surface area contributed by atoms with Crippen LogP contribution in [0.1, 0.15) is 77.6 Å². The number of rotatable bonds is 6. The number of amides is 1. The third kappa shape index (κ3) is 4.99. The smallest absolute Gasteiger partial charge is 0.307 e. The number of ether oxygens (including phenoxy) is 1. The van der Waals surface area contributed by atoms with Crippen LogP contribution in [0, 0.1) is 5.92 Å². The lowest BCUT2D eigenvalue weighted by Crippen LogP contribution is -2.46. The van der Waals surface area contributed by atoms with Crippen LogP contribution < -0.4 is 0 Å². The molecule has 4 nitrogen and oxygen atoms in total. The molecule has 2 aliphatic rings. The summed E-state index contributed by atoms with van der Waals surface area (Å²) in [6.45, 7) is 2.78. The van der Waals surface area contributed by atoms with Crippen LogP contribution in [0.2, 0.25) is 0 Å². The Kier molecular flexibility index (Phi) is 7.20. The maximum atomic E-state index is 12.8. The van der Waals surface area contributed by atoms with Crippen LogP contribution in [0.3, 0.4) is 0 Å². The molecule has 4 heteroatoms. The van der Waals surface area contributed by atoms with Gasteiger partial charge in [0.2, 0.25) is 5.91 Å². The van der Waals surface area contributed by atoms with Gasteiger partial charge in [0.1, 0.15) is 0 Å². The molecule has 0 radical (unpaired) electrons. The van der Waals surface area contributed by atoms with E-state index in [0.29, 0.717) is 31.5 Å². The molecule has 22 heavy (non-hydrogen) atoms. The summed E-state index contributed by atoms with van der Waals surface area (Å²) in [6.07, 6.45) is 12.1. The topological polar surface area (TPSA) is 46.6 Å². The van der Waals surface area contributed by atoms with Crippen molar-refractivity contribution in [1.29, 1.82) is 0 Å². The van der Waals surface area contributed by atoms with E-state index in [1.54, 1.807) is 0 Å². The average Bonchev–Trinajstić information content (AvgIpc) is 2.39. The zero-order valence-electron chi connectivity index (χ0n) is 14.0. The van der Waals surface area contributed by atoms with Gasteiger partial charge >= 0.3 is 5.97 Å². The molecule has 2 aliphatic carbocycles. The van der Waals surface area contributed by atoms with Crippen molar-refractivity contribution in [1.82, 2.24) is 4.90 Å². The maximum Gasteiger partial charge on any atom is 0.307 e. The molecule has 0 N–H and O–H groups in total.